The number of imide groups is 1. The van der Waals surface area contributed by atoms with E-state index in [-0.39, 0.29) is 24.8 Å². The summed E-state index contributed by atoms with van der Waals surface area (Å²) in [5, 5.41) is 0. The van der Waals surface area contributed by atoms with Crippen LogP contribution in [0.25, 0.3) is 0 Å². The average Bonchev–Trinajstić information content (AvgIpc) is 2.37. The molecule has 1 atom stereocenters. The second kappa shape index (κ2) is 5.37. The van der Waals surface area contributed by atoms with Gasteiger partial charge in [0.25, 0.3) is 5.91 Å². The summed E-state index contributed by atoms with van der Waals surface area (Å²) in [7, 11) is 0. The normalized spacial score (nSPS) is 18.1. The number of amides is 2. The fraction of sp³-hybridized carbons (Fsp3) is 0.500. The molecule has 0 radical (unpaired) electrons. The molecule has 0 saturated carbocycles. The second-order valence-corrected chi connectivity index (χ2v) is 6.17. The van der Waals surface area contributed by atoms with Crippen LogP contribution in [-0.4, -0.2) is 28.8 Å². The first kappa shape index (κ1) is 14.7. The van der Waals surface area contributed by atoms with E-state index >= 15 is 0 Å². The minimum atomic E-state index is -0.615. The van der Waals surface area contributed by atoms with E-state index in [1.807, 2.05) is 25.1 Å². The van der Waals surface area contributed by atoms with E-state index in [1.54, 1.807) is 6.07 Å². The molecule has 1 aromatic rings. The molecule has 20 heavy (non-hydrogen) atoms. The summed E-state index contributed by atoms with van der Waals surface area (Å²) < 4.78 is 0. The predicted molar refractivity (Wildman–Crippen MR) is 78.2 cm³/mol. The molecule has 1 aliphatic rings. The lowest BCUT2D eigenvalue weighted by Crippen LogP contribution is -2.59. The molecule has 2 rings (SSSR count). The van der Waals surface area contributed by atoms with Crippen molar-refractivity contribution in [3.8, 4) is 0 Å². The highest BCUT2D eigenvalue weighted by molar-refractivity contribution is 6.10. The molecular formula is C16H22N2O2. The number of carbonyl (C=O) groups excluding carboxylic acids is 2. The topological polar surface area (TPSA) is 63.4 Å². The van der Waals surface area contributed by atoms with Gasteiger partial charge < -0.3 is 5.73 Å². The lowest BCUT2D eigenvalue weighted by Gasteiger charge is -2.42. The van der Waals surface area contributed by atoms with E-state index in [4.69, 9.17) is 5.73 Å². The van der Waals surface area contributed by atoms with Crippen molar-refractivity contribution in [1.29, 1.82) is 0 Å². The zero-order chi connectivity index (χ0) is 14.9. The van der Waals surface area contributed by atoms with Crippen molar-refractivity contribution in [2.24, 2.45) is 11.7 Å². The molecule has 2 N–H and O–H groups in total. The summed E-state index contributed by atoms with van der Waals surface area (Å²) in [6.45, 7) is 6.32. The summed E-state index contributed by atoms with van der Waals surface area (Å²) in [6.07, 6.45) is 0.985. The van der Waals surface area contributed by atoms with Gasteiger partial charge in [-0.15, -0.1) is 0 Å². The van der Waals surface area contributed by atoms with Crippen LogP contribution in [0.15, 0.2) is 24.3 Å². The van der Waals surface area contributed by atoms with Gasteiger partial charge in [0, 0.05) is 12.1 Å². The summed E-state index contributed by atoms with van der Waals surface area (Å²) in [6, 6.07) is 7.30. The molecule has 0 fully saturated rings. The van der Waals surface area contributed by atoms with E-state index in [1.165, 1.54) is 4.90 Å². The van der Waals surface area contributed by atoms with E-state index in [9.17, 15) is 9.59 Å². The summed E-state index contributed by atoms with van der Waals surface area (Å²) in [4.78, 5) is 26.5. The van der Waals surface area contributed by atoms with Crippen LogP contribution in [0, 0.1) is 5.92 Å². The van der Waals surface area contributed by atoms with Crippen LogP contribution in [0.2, 0.25) is 0 Å². The molecule has 1 aromatic carbocycles. The standard InChI is InChI=1S/C16H22N2O2/c1-11(2)9-16(3,10-17)18-14(19)8-12-6-4-5-7-13(12)15(18)20/h4-7,11H,8-10,17H2,1-3H3. The molecule has 1 aliphatic heterocycles. The molecule has 2 amide bonds. The third kappa shape index (κ3) is 2.48. The average molecular weight is 274 g/mol. The first-order valence-corrected chi connectivity index (χ1v) is 7.04. The SMILES string of the molecule is CC(C)CC(C)(CN)N1C(=O)Cc2ccccc2C1=O. The van der Waals surface area contributed by atoms with Gasteiger partial charge in [-0.1, -0.05) is 32.0 Å². The van der Waals surface area contributed by atoms with Crippen molar-refractivity contribution in [1.82, 2.24) is 4.90 Å². The Hall–Kier alpha value is -1.68. The first-order valence-electron chi connectivity index (χ1n) is 7.04. The minimum absolute atomic E-state index is 0.151. The molecule has 108 valence electrons. The third-order valence-corrected chi connectivity index (χ3v) is 3.87. The molecule has 0 bridgehead atoms. The van der Waals surface area contributed by atoms with Gasteiger partial charge in [0.2, 0.25) is 5.91 Å². The maximum absolute atomic E-state index is 12.7. The summed E-state index contributed by atoms with van der Waals surface area (Å²) >= 11 is 0. The molecule has 4 nitrogen and oxygen atoms in total. The van der Waals surface area contributed by atoms with Crippen molar-refractivity contribution in [2.75, 3.05) is 6.54 Å². The lowest BCUT2D eigenvalue weighted by molar-refractivity contribution is -0.133. The molecular weight excluding hydrogens is 252 g/mol. The maximum atomic E-state index is 12.7. The van der Waals surface area contributed by atoms with E-state index in [0.29, 0.717) is 17.9 Å². The highest BCUT2D eigenvalue weighted by Crippen LogP contribution is 2.30. The Bertz CT molecular complexity index is 539. The van der Waals surface area contributed by atoms with Crippen molar-refractivity contribution < 1.29 is 9.59 Å². The molecule has 0 aromatic heterocycles. The highest BCUT2D eigenvalue weighted by Gasteiger charge is 2.42. The quantitative estimate of drug-likeness (QED) is 0.854. The number of fused-ring (bicyclic) bond motifs is 1. The third-order valence-electron chi connectivity index (χ3n) is 3.87. The van der Waals surface area contributed by atoms with Crippen LogP contribution in [0.3, 0.4) is 0 Å². The largest absolute Gasteiger partial charge is 0.328 e. The lowest BCUT2D eigenvalue weighted by atomic mass is 9.85. The number of nitrogens with two attached hydrogens (primary N) is 1. The molecule has 0 saturated heterocycles. The van der Waals surface area contributed by atoms with Crippen LogP contribution in [0.4, 0.5) is 0 Å². The highest BCUT2D eigenvalue weighted by atomic mass is 16.2. The minimum Gasteiger partial charge on any atom is -0.328 e. The molecule has 0 aliphatic carbocycles. The Morgan fingerprint density at radius 2 is 1.95 bits per heavy atom. The van der Waals surface area contributed by atoms with Gasteiger partial charge in [0.05, 0.1) is 12.0 Å². The summed E-state index contributed by atoms with van der Waals surface area (Å²) in [5.74, 6) is -0.00549. The number of carbonyl (C=O) groups is 2. The number of rotatable bonds is 4. The van der Waals surface area contributed by atoms with E-state index < -0.39 is 5.54 Å². The Morgan fingerprint density at radius 1 is 1.30 bits per heavy atom. The number of benzene rings is 1. The van der Waals surface area contributed by atoms with Crippen molar-refractivity contribution in [2.45, 2.75) is 39.2 Å². The number of nitrogens with zero attached hydrogens (tertiary/aromatic N) is 1. The smallest absolute Gasteiger partial charge is 0.261 e. The predicted octanol–water partition coefficient (Wildman–Crippen LogP) is 1.97. The van der Waals surface area contributed by atoms with Gasteiger partial charge in [0.15, 0.2) is 0 Å². The number of hydrogen-bond acceptors (Lipinski definition) is 3. The van der Waals surface area contributed by atoms with Crippen LogP contribution >= 0.6 is 0 Å². The monoisotopic (exact) mass is 274 g/mol. The second-order valence-electron chi connectivity index (χ2n) is 6.17. The molecule has 1 unspecified atom stereocenters. The molecule has 0 spiro atoms. The Balaban J connectivity index is 2.42. The Kier molecular flexibility index (Phi) is 3.95. The Morgan fingerprint density at radius 3 is 2.55 bits per heavy atom. The van der Waals surface area contributed by atoms with Crippen molar-refractivity contribution >= 4 is 11.8 Å². The Labute approximate surface area is 119 Å². The fourth-order valence-electron chi connectivity index (χ4n) is 3.05. The summed E-state index contributed by atoms with van der Waals surface area (Å²) in [5.41, 5.74) is 6.70. The first-order chi connectivity index (χ1) is 9.39. The van der Waals surface area contributed by atoms with E-state index in [2.05, 4.69) is 13.8 Å². The fourth-order valence-corrected chi connectivity index (χ4v) is 3.05. The molecule has 1 heterocycles. The van der Waals surface area contributed by atoms with Crippen LogP contribution in [-0.2, 0) is 11.2 Å². The van der Waals surface area contributed by atoms with Crippen LogP contribution in [0.5, 0.6) is 0 Å². The maximum Gasteiger partial charge on any atom is 0.261 e. The van der Waals surface area contributed by atoms with Crippen molar-refractivity contribution in [3.63, 3.8) is 0 Å². The zero-order valence-corrected chi connectivity index (χ0v) is 12.3. The van der Waals surface area contributed by atoms with Gasteiger partial charge in [-0.2, -0.15) is 0 Å². The van der Waals surface area contributed by atoms with Gasteiger partial charge >= 0.3 is 0 Å². The van der Waals surface area contributed by atoms with Gasteiger partial charge in [-0.3, -0.25) is 14.5 Å². The van der Waals surface area contributed by atoms with Crippen molar-refractivity contribution in [3.05, 3.63) is 35.4 Å². The van der Waals surface area contributed by atoms with E-state index in [0.717, 1.165) is 5.56 Å². The molecule has 4 heteroatoms. The van der Waals surface area contributed by atoms with Gasteiger partial charge in [-0.05, 0) is 30.9 Å². The van der Waals surface area contributed by atoms with Gasteiger partial charge in [0.1, 0.15) is 0 Å². The number of hydrogen-bond donors (Lipinski definition) is 1. The van der Waals surface area contributed by atoms with Crippen LogP contribution in [0.1, 0.15) is 43.1 Å². The van der Waals surface area contributed by atoms with Gasteiger partial charge in [-0.25, -0.2) is 0 Å². The van der Waals surface area contributed by atoms with Crippen LogP contribution < -0.4 is 5.73 Å². The zero-order valence-electron chi connectivity index (χ0n) is 12.3.